The van der Waals surface area contributed by atoms with Crippen molar-refractivity contribution in [2.45, 2.75) is 38.5 Å². The number of hydrogen-bond donors (Lipinski definition) is 1. The van der Waals surface area contributed by atoms with E-state index < -0.39 is 0 Å². The van der Waals surface area contributed by atoms with E-state index in [0.717, 1.165) is 19.4 Å². The summed E-state index contributed by atoms with van der Waals surface area (Å²) in [5.74, 6) is 0. The molecule has 0 saturated heterocycles. The quantitative estimate of drug-likeness (QED) is 0.918. The van der Waals surface area contributed by atoms with Crippen LogP contribution in [-0.2, 0) is 13.0 Å². The minimum atomic E-state index is -0.257. The number of nitrogens with zero attached hydrogens (tertiary/aromatic N) is 1. The highest BCUT2D eigenvalue weighted by molar-refractivity contribution is 5.59. The molecule has 1 heterocycles. The molecule has 20 heavy (non-hydrogen) atoms. The highest BCUT2D eigenvalue weighted by Gasteiger charge is 2.29. The fraction of sp³-hybridized carbons (Fsp3) is 0.333. The van der Waals surface area contributed by atoms with Crippen LogP contribution in [0.4, 0.5) is 5.69 Å². The van der Waals surface area contributed by atoms with Gasteiger partial charge in [-0.2, -0.15) is 0 Å². The van der Waals surface area contributed by atoms with Crippen LogP contribution in [0.1, 0.15) is 24.5 Å². The molecule has 2 aromatic carbocycles. The molecule has 1 aliphatic heterocycles. The summed E-state index contributed by atoms with van der Waals surface area (Å²) in [7, 11) is 0. The maximum Gasteiger partial charge on any atom is 0.0531 e. The van der Waals surface area contributed by atoms with E-state index in [-0.39, 0.29) is 6.10 Å². The zero-order valence-corrected chi connectivity index (χ0v) is 11.9. The molecule has 2 heteroatoms. The Bertz CT molecular complexity index is 565. The van der Waals surface area contributed by atoms with E-state index in [0.29, 0.717) is 6.04 Å². The smallest absolute Gasteiger partial charge is 0.0531 e. The van der Waals surface area contributed by atoms with Gasteiger partial charge in [0.2, 0.25) is 0 Å². The van der Waals surface area contributed by atoms with Gasteiger partial charge in [0.1, 0.15) is 0 Å². The van der Waals surface area contributed by atoms with Crippen LogP contribution in [0.25, 0.3) is 0 Å². The first-order valence-corrected chi connectivity index (χ1v) is 7.30. The van der Waals surface area contributed by atoms with Crippen molar-refractivity contribution in [3.63, 3.8) is 0 Å². The Balaban J connectivity index is 1.87. The summed E-state index contributed by atoms with van der Waals surface area (Å²) < 4.78 is 0. The zero-order valence-electron chi connectivity index (χ0n) is 11.9. The summed E-state index contributed by atoms with van der Waals surface area (Å²) in [6.07, 6.45) is 1.60. The Labute approximate surface area is 120 Å². The van der Waals surface area contributed by atoms with Crippen LogP contribution in [0, 0.1) is 0 Å². The zero-order chi connectivity index (χ0) is 13.9. The Morgan fingerprint density at radius 1 is 1.10 bits per heavy atom. The summed E-state index contributed by atoms with van der Waals surface area (Å²) >= 11 is 0. The number of anilines is 1. The Kier molecular flexibility index (Phi) is 3.75. The lowest BCUT2D eigenvalue weighted by molar-refractivity contribution is 0.174. The lowest BCUT2D eigenvalue weighted by atomic mass is 10.0. The first-order chi connectivity index (χ1) is 9.74. The van der Waals surface area contributed by atoms with Gasteiger partial charge in [-0.3, -0.25) is 0 Å². The second-order valence-electron chi connectivity index (χ2n) is 5.68. The lowest BCUT2D eigenvalue weighted by Gasteiger charge is -2.28. The van der Waals surface area contributed by atoms with Gasteiger partial charge in [0.15, 0.2) is 0 Å². The molecule has 0 aliphatic carbocycles. The standard InChI is InChI=1S/C18H21NO/c1-14(20)11-17-12-16-9-5-6-10-18(16)19(17)13-15-7-3-2-4-8-15/h2-10,14,17,20H,11-13H2,1H3. The molecule has 0 aromatic heterocycles. The maximum atomic E-state index is 9.75. The molecule has 0 radical (unpaired) electrons. The topological polar surface area (TPSA) is 23.5 Å². The third-order valence-electron chi connectivity index (χ3n) is 4.01. The van der Waals surface area contributed by atoms with Crippen molar-refractivity contribution in [2.24, 2.45) is 0 Å². The molecular formula is C18H21NO. The predicted molar refractivity (Wildman–Crippen MR) is 82.9 cm³/mol. The molecule has 1 aliphatic rings. The van der Waals surface area contributed by atoms with Crippen molar-refractivity contribution in [3.05, 3.63) is 65.7 Å². The van der Waals surface area contributed by atoms with Gasteiger partial charge in [0, 0.05) is 18.3 Å². The number of aliphatic hydroxyl groups excluding tert-OH is 1. The molecule has 3 rings (SSSR count). The van der Waals surface area contributed by atoms with E-state index in [1.807, 2.05) is 6.92 Å². The van der Waals surface area contributed by atoms with E-state index in [1.54, 1.807) is 0 Å². The fourth-order valence-corrected chi connectivity index (χ4v) is 3.12. The third-order valence-corrected chi connectivity index (χ3v) is 4.01. The predicted octanol–water partition coefficient (Wildman–Crippen LogP) is 3.39. The molecule has 2 unspecified atom stereocenters. The molecular weight excluding hydrogens is 246 g/mol. The third kappa shape index (κ3) is 2.70. The highest BCUT2D eigenvalue weighted by atomic mass is 16.3. The Morgan fingerprint density at radius 3 is 2.55 bits per heavy atom. The van der Waals surface area contributed by atoms with E-state index in [1.165, 1.54) is 16.8 Å². The first-order valence-electron chi connectivity index (χ1n) is 7.30. The molecule has 0 amide bonds. The fourth-order valence-electron chi connectivity index (χ4n) is 3.12. The van der Waals surface area contributed by atoms with Crippen LogP contribution in [0.15, 0.2) is 54.6 Å². The summed E-state index contributed by atoms with van der Waals surface area (Å²) in [6, 6.07) is 19.5. The number of fused-ring (bicyclic) bond motifs is 1. The minimum Gasteiger partial charge on any atom is -0.393 e. The van der Waals surface area contributed by atoms with E-state index in [9.17, 15) is 5.11 Å². The van der Waals surface area contributed by atoms with Crippen molar-refractivity contribution in [1.29, 1.82) is 0 Å². The molecule has 104 valence electrons. The molecule has 0 saturated carbocycles. The average Bonchev–Trinajstić information content (AvgIpc) is 2.77. The number of benzene rings is 2. The Hall–Kier alpha value is -1.80. The molecule has 2 atom stereocenters. The van der Waals surface area contributed by atoms with E-state index in [2.05, 4.69) is 59.5 Å². The first kappa shape index (κ1) is 13.2. The van der Waals surface area contributed by atoms with Crippen molar-refractivity contribution in [1.82, 2.24) is 0 Å². The number of aliphatic hydroxyl groups is 1. The van der Waals surface area contributed by atoms with Crippen LogP contribution in [0.2, 0.25) is 0 Å². The summed E-state index contributed by atoms with van der Waals surface area (Å²) in [6.45, 7) is 2.79. The van der Waals surface area contributed by atoms with Crippen LogP contribution in [0.5, 0.6) is 0 Å². The summed E-state index contributed by atoms with van der Waals surface area (Å²) in [5, 5.41) is 9.75. The monoisotopic (exact) mass is 267 g/mol. The lowest BCUT2D eigenvalue weighted by Crippen LogP contribution is -2.33. The van der Waals surface area contributed by atoms with E-state index in [4.69, 9.17) is 0 Å². The van der Waals surface area contributed by atoms with Gasteiger partial charge >= 0.3 is 0 Å². The summed E-state index contributed by atoms with van der Waals surface area (Å²) in [5.41, 5.74) is 4.04. The second kappa shape index (κ2) is 5.68. The van der Waals surface area contributed by atoms with Crippen molar-refractivity contribution in [3.8, 4) is 0 Å². The van der Waals surface area contributed by atoms with Crippen LogP contribution >= 0.6 is 0 Å². The normalized spacial score (nSPS) is 18.9. The van der Waals surface area contributed by atoms with Gasteiger partial charge in [0.25, 0.3) is 0 Å². The van der Waals surface area contributed by atoms with Gasteiger partial charge in [-0.1, -0.05) is 48.5 Å². The maximum absolute atomic E-state index is 9.75. The van der Waals surface area contributed by atoms with Gasteiger partial charge in [0.05, 0.1) is 6.10 Å². The highest BCUT2D eigenvalue weighted by Crippen LogP contribution is 2.35. The van der Waals surface area contributed by atoms with Crippen molar-refractivity contribution >= 4 is 5.69 Å². The largest absolute Gasteiger partial charge is 0.393 e. The number of hydrogen-bond acceptors (Lipinski definition) is 2. The molecule has 0 fully saturated rings. The Morgan fingerprint density at radius 2 is 1.80 bits per heavy atom. The minimum absolute atomic E-state index is 0.257. The summed E-state index contributed by atoms with van der Waals surface area (Å²) in [4.78, 5) is 2.44. The van der Waals surface area contributed by atoms with Crippen LogP contribution in [-0.4, -0.2) is 17.3 Å². The number of para-hydroxylation sites is 1. The van der Waals surface area contributed by atoms with Gasteiger partial charge in [-0.15, -0.1) is 0 Å². The molecule has 0 spiro atoms. The van der Waals surface area contributed by atoms with Crippen molar-refractivity contribution in [2.75, 3.05) is 4.90 Å². The van der Waals surface area contributed by atoms with Crippen LogP contribution < -0.4 is 4.90 Å². The molecule has 0 bridgehead atoms. The van der Waals surface area contributed by atoms with E-state index >= 15 is 0 Å². The molecule has 1 N–H and O–H groups in total. The molecule has 2 nitrogen and oxygen atoms in total. The average molecular weight is 267 g/mol. The SMILES string of the molecule is CC(O)CC1Cc2ccccc2N1Cc1ccccc1. The van der Waals surface area contributed by atoms with Crippen molar-refractivity contribution < 1.29 is 5.11 Å². The van der Waals surface area contributed by atoms with Gasteiger partial charge in [-0.05, 0) is 37.0 Å². The second-order valence-corrected chi connectivity index (χ2v) is 5.68. The number of rotatable bonds is 4. The van der Waals surface area contributed by atoms with Gasteiger partial charge in [-0.25, -0.2) is 0 Å². The van der Waals surface area contributed by atoms with Gasteiger partial charge < -0.3 is 10.0 Å². The molecule has 2 aromatic rings. The van der Waals surface area contributed by atoms with Crippen LogP contribution in [0.3, 0.4) is 0 Å².